The number of likely N-dealkylation sites (tertiary alicyclic amines) is 1. The molecule has 144 valence electrons. The van der Waals surface area contributed by atoms with Crippen LogP contribution in [-0.4, -0.2) is 33.0 Å². The fourth-order valence-corrected chi connectivity index (χ4v) is 5.18. The van der Waals surface area contributed by atoms with Crippen molar-refractivity contribution in [2.45, 2.75) is 31.8 Å². The van der Waals surface area contributed by atoms with Crippen LogP contribution in [0.2, 0.25) is 0 Å². The molecule has 0 aliphatic carbocycles. The third-order valence-electron chi connectivity index (χ3n) is 6.13. The summed E-state index contributed by atoms with van der Waals surface area (Å²) in [6.07, 6.45) is 3.62. The predicted octanol–water partition coefficient (Wildman–Crippen LogP) is 3.60. The van der Waals surface area contributed by atoms with E-state index in [1.165, 1.54) is 5.39 Å². The molecule has 1 aromatic carbocycles. The van der Waals surface area contributed by atoms with Crippen molar-refractivity contribution in [3.05, 3.63) is 69.2 Å². The van der Waals surface area contributed by atoms with Gasteiger partial charge in [0.25, 0.3) is 5.56 Å². The number of fused-ring (bicyclic) bond motifs is 5. The van der Waals surface area contributed by atoms with Crippen LogP contribution >= 0.6 is 15.9 Å². The highest BCUT2D eigenvalue weighted by molar-refractivity contribution is 9.10. The third-order valence-corrected chi connectivity index (χ3v) is 6.63. The average molecular weight is 440 g/mol. The zero-order chi connectivity index (χ0) is 19.3. The molecule has 5 rings (SSSR count). The number of pyridine rings is 1. The fraction of sp³-hybridized carbons (Fsp3) is 0.364. The van der Waals surface area contributed by atoms with E-state index in [0.717, 1.165) is 41.7 Å². The van der Waals surface area contributed by atoms with Crippen molar-refractivity contribution in [2.24, 2.45) is 5.92 Å². The number of piperidine rings is 1. The van der Waals surface area contributed by atoms with Crippen molar-refractivity contribution in [3.63, 3.8) is 0 Å². The topological polar surface area (TPSA) is 47.2 Å². The molecule has 28 heavy (non-hydrogen) atoms. The molecule has 0 spiro atoms. The van der Waals surface area contributed by atoms with Crippen molar-refractivity contribution in [1.82, 2.24) is 14.0 Å². The molecule has 0 radical (unpaired) electrons. The van der Waals surface area contributed by atoms with E-state index < -0.39 is 0 Å². The van der Waals surface area contributed by atoms with Crippen LogP contribution in [0.4, 0.5) is 0 Å². The summed E-state index contributed by atoms with van der Waals surface area (Å²) in [5, 5.41) is 1.19. The molecule has 5 nitrogen and oxygen atoms in total. The lowest BCUT2D eigenvalue weighted by molar-refractivity contribution is -0.134. The first-order chi connectivity index (χ1) is 13.6. The zero-order valence-corrected chi connectivity index (χ0v) is 17.1. The van der Waals surface area contributed by atoms with Crippen LogP contribution in [0.25, 0.3) is 10.9 Å². The molecule has 1 saturated heterocycles. The second-order valence-corrected chi connectivity index (χ2v) is 8.87. The third kappa shape index (κ3) is 3.09. The number of carbonyl (C=O) groups excluding carboxylic acids is 1. The maximum atomic E-state index is 12.9. The van der Waals surface area contributed by atoms with Crippen molar-refractivity contribution in [3.8, 4) is 0 Å². The van der Waals surface area contributed by atoms with E-state index in [1.54, 1.807) is 6.07 Å². The van der Waals surface area contributed by atoms with Crippen LogP contribution < -0.4 is 5.56 Å². The minimum Gasteiger partial charge on any atom is -0.347 e. The lowest BCUT2D eigenvalue weighted by atomic mass is 9.83. The molecule has 0 saturated carbocycles. The van der Waals surface area contributed by atoms with Crippen molar-refractivity contribution >= 4 is 32.7 Å². The minimum atomic E-state index is 0.0811. The molecule has 2 aromatic heterocycles. The van der Waals surface area contributed by atoms with Gasteiger partial charge in [-0.1, -0.05) is 28.1 Å². The Hall–Kier alpha value is -2.34. The van der Waals surface area contributed by atoms with Gasteiger partial charge in [0.2, 0.25) is 5.91 Å². The smallest absolute Gasteiger partial charge is 0.250 e. The number of aromatic nitrogens is 2. The second-order valence-electron chi connectivity index (χ2n) is 7.96. The Kier molecular flexibility index (Phi) is 4.38. The van der Waals surface area contributed by atoms with E-state index in [9.17, 15) is 9.59 Å². The van der Waals surface area contributed by atoms with Gasteiger partial charge in [-0.2, -0.15) is 0 Å². The molecular formula is C22H22BrN3O2. The van der Waals surface area contributed by atoms with Gasteiger partial charge in [0, 0.05) is 66.5 Å². The summed E-state index contributed by atoms with van der Waals surface area (Å²) in [4.78, 5) is 27.1. The van der Waals surface area contributed by atoms with E-state index in [2.05, 4.69) is 44.9 Å². The maximum absolute atomic E-state index is 12.9. The first kappa shape index (κ1) is 17.7. The molecule has 2 aliphatic heterocycles. The summed E-state index contributed by atoms with van der Waals surface area (Å²) in [7, 11) is 0. The Morgan fingerprint density at radius 2 is 2.00 bits per heavy atom. The van der Waals surface area contributed by atoms with Crippen LogP contribution in [0, 0.1) is 5.92 Å². The lowest BCUT2D eigenvalue weighted by Gasteiger charge is -2.42. The minimum absolute atomic E-state index is 0.0811. The van der Waals surface area contributed by atoms with Crippen molar-refractivity contribution in [1.29, 1.82) is 0 Å². The van der Waals surface area contributed by atoms with Gasteiger partial charge in [-0.05, 0) is 42.0 Å². The molecular weight excluding hydrogens is 418 g/mol. The summed E-state index contributed by atoms with van der Waals surface area (Å²) in [6, 6.07) is 13.8. The Morgan fingerprint density at radius 1 is 1.11 bits per heavy atom. The molecule has 1 amide bonds. The van der Waals surface area contributed by atoms with Gasteiger partial charge < -0.3 is 14.0 Å². The number of carbonyl (C=O) groups is 1. The molecule has 2 atom stereocenters. The van der Waals surface area contributed by atoms with E-state index in [-0.39, 0.29) is 17.4 Å². The highest BCUT2D eigenvalue weighted by Gasteiger charge is 2.35. The van der Waals surface area contributed by atoms with Gasteiger partial charge in [-0.25, -0.2) is 0 Å². The van der Waals surface area contributed by atoms with Gasteiger partial charge >= 0.3 is 0 Å². The molecule has 0 unspecified atom stereocenters. The van der Waals surface area contributed by atoms with Crippen LogP contribution in [0.5, 0.6) is 0 Å². The molecule has 4 heterocycles. The van der Waals surface area contributed by atoms with Crippen molar-refractivity contribution < 1.29 is 4.79 Å². The van der Waals surface area contributed by atoms with Crippen LogP contribution in [-0.2, 0) is 17.9 Å². The quantitative estimate of drug-likeness (QED) is 0.625. The molecule has 2 aliphatic rings. The summed E-state index contributed by atoms with van der Waals surface area (Å²) < 4.78 is 5.10. The highest BCUT2D eigenvalue weighted by atomic mass is 79.9. The summed E-state index contributed by atoms with van der Waals surface area (Å²) in [6.45, 7) is 2.89. The van der Waals surface area contributed by atoms with Gasteiger partial charge in [0.1, 0.15) is 0 Å². The number of halogens is 1. The number of rotatable bonds is 3. The van der Waals surface area contributed by atoms with E-state index >= 15 is 0 Å². The predicted molar refractivity (Wildman–Crippen MR) is 112 cm³/mol. The van der Waals surface area contributed by atoms with Crippen LogP contribution in [0.15, 0.2) is 57.9 Å². The number of aryl methyl sites for hydroxylation is 1. The van der Waals surface area contributed by atoms with Gasteiger partial charge in [-0.3, -0.25) is 9.59 Å². The molecule has 6 heteroatoms. The first-order valence-corrected chi connectivity index (χ1v) is 10.6. The molecule has 2 bridgehead atoms. The van der Waals surface area contributed by atoms with Gasteiger partial charge in [-0.15, -0.1) is 0 Å². The summed E-state index contributed by atoms with van der Waals surface area (Å²) >= 11 is 3.53. The average Bonchev–Trinajstić information content (AvgIpc) is 3.09. The van der Waals surface area contributed by atoms with Gasteiger partial charge in [0.05, 0.1) is 0 Å². The Balaban J connectivity index is 1.30. The molecule has 3 aromatic rings. The number of amides is 1. The van der Waals surface area contributed by atoms with Crippen LogP contribution in [0.3, 0.4) is 0 Å². The van der Waals surface area contributed by atoms with E-state index in [0.29, 0.717) is 18.9 Å². The second kappa shape index (κ2) is 6.92. The summed E-state index contributed by atoms with van der Waals surface area (Å²) in [5.74, 6) is 0.852. The fourth-order valence-electron chi connectivity index (χ4n) is 4.83. The SMILES string of the molecule is O=C(CCn1ccc2ccc(Br)cc21)N1C[C@@H]2C[C@H](C1)c1cccc(=O)n1C2. The monoisotopic (exact) mass is 439 g/mol. The Labute approximate surface area is 171 Å². The number of hydrogen-bond donors (Lipinski definition) is 0. The zero-order valence-electron chi connectivity index (χ0n) is 15.6. The number of nitrogens with zero attached hydrogens (tertiary/aromatic N) is 3. The van der Waals surface area contributed by atoms with E-state index in [1.807, 2.05) is 27.7 Å². The maximum Gasteiger partial charge on any atom is 0.250 e. The normalized spacial score (nSPS) is 21.0. The Bertz CT molecular complexity index is 1120. The van der Waals surface area contributed by atoms with E-state index in [4.69, 9.17) is 0 Å². The lowest BCUT2D eigenvalue weighted by Crippen LogP contribution is -2.49. The Morgan fingerprint density at radius 3 is 2.89 bits per heavy atom. The molecule has 0 N–H and O–H groups in total. The number of hydrogen-bond acceptors (Lipinski definition) is 2. The van der Waals surface area contributed by atoms with Crippen molar-refractivity contribution in [2.75, 3.05) is 13.1 Å². The summed E-state index contributed by atoms with van der Waals surface area (Å²) in [5.41, 5.74) is 2.31. The van der Waals surface area contributed by atoms with Gasteiger partial charge in [0.15, 0.2) is 0 Å². The largest absolute Gasteiger partial charge is 0.347 e. The molecule has 1 fully saturated rings. The van der Waals surface area contributed by atoms with Crippen LogP contribution in [0.1, 0.15) is 24.5 Å². The number of benzene rings is 1. The highest BCUT2D eigenvalue weighted by Crippen LogP contribution is 2.35. The first-order valence-electron chi connectivity index (χ1n) is 9.80. The standard InChI is InChI=1S/C22H22BrN3O2/c23-18-5-4-16-6-8-24(20(16)11-18)9-7-21(27)25-12-15-10-17(14-25)19-2-1-3-22(28)26(19)13-15/h1-6,8,11,15,17H,7,9-10,12-14H2/t15-,17+/m0/s1.